The molecular formula is C12H23NO2. The van der Waals surface area contributed by atoms with E-state index in [1.165, 1.54) is 19.3 Å². The third-order valence-corrected chi connectivity index (χ3v) is 3.48. The fourth-order valence-corrected chi connectivity index (χ4v) is 2.44. The first-order valence-corrected chi connectivity index (χ1v) is 5.93. The SMILES string of the molecule is C[C@H](C(=O)N(C)C)[C@@H](O)C1CCCCC1. The summed E-state index contributed by atoms with van der Waals surface area (Å²) in [5.74, 6) is 0.105. The first-order valence-electron chi connectivity index (χ1n) is 5.93. The van der Waals surface area contributed by atoms with E-state index in [0.717, 1.165) is 12.8 Å². The Hall–Kier alpha value is -0.570. The molecule has 0 aliphatic heterocycles. The standard InChI is InChI=1S/C12H23NO2/c1-9(12(15)13(2)3)11(14)10-7-5-4-6-8-10/h9-11,14H,4-8H2,1-3H3/t9-,11+/m0/s1. The maximum atomic E-state index is 11.7. The first kappa shape index (κ1) is 12.5. The maximum absolute atomic E-state index is 11.7. The van der Waals surface area contributed by atoms with E-state index >= 15 is 0 Å². The lowest BCUT2D eigenvalue weighted by Crippen LogP contribution is -2.39. The lowest BCUT2D eigenvalue weighted by molar-refractivity contribution is -0.137. The number of aliphatic hydroxyl groups excluding tert-OH is 1. The van der Waals surface area contributed by atoms with Gasteiger partial charge in [0.25, 0.3) is 0 Å². The van der Waals surface area contributed by atoms with Gasteiger partial charge in [0.05, 0.1) is 12.0 Å². The van der Waals surface area contributed by atoms with E-state index in [9.17, 15) is 9.90 Å². The molecule has 0 spiro atoms. The van der Waals surface area contributed by atoms with Gasteiger partial charge in [-0.2, -0.15) is 0 Å². The Balaban J connectivity index is 2.50. The van der Waals surface area contributed by atoms with Crippen molar-refractivity contribution in [2.24, 2.45) is 11.8 Å². The molecule has 15 heavy (non-hydrogen) atoms. The van der Waals surface area contributed by atoms with E-state index in [0.29, 0.717) is 5.92 Å². The molecule has 0 aromatic rings. The van der Waals surface area contributed by atoms with Gasteiger partial charge in [0.1, 0.15) is 0 Å². The van der Waals surface area contributed by atoms with E-state index in [-0.39, 0.29) is 11.8 Å². The van der Waals surface area contributed by atoms with Gasteiger partial charge in [-0.05, 0) is 18.8 Å². The van der Waals surface area contributed by atoms with Crippen LogP contribution in [0.25, 0.3) is 0 Å². The van der Waals surface area contributed by atoms with Gasteiger partial charge >= 0.3 is 0 Å². The van der Waals surface area contributed by atoms with E-state index in [1.807, 2.05) is 6.92 Å². The minimum atomic E-state index is -0.458. The second-order valence-electron chi connectivity index (χ2n) is 4.91. The zero-order chi connectivity index (χ0) is 11.4. The Kier molecular flexibility index (Phi) is 4.58. The number of carbonyl (C=O) groups is 1. The van der Waals surface area contributed by atoms with Crippen molar-refractivity contribution in [2.45, 2.75) is 45.1 Å². The molecule has 88 valence electrons. The fraction of sp³-hybridized carbons (Fsp3) is 0.917. The van der Waals surface area contributed by atoms with Crippen molar-refractivity contribution in [3.05, 3.63) is 0 Å². The molecule has 1 aliphatic rings. The number of amides is 1. The molecule has 2 atom stereocenters. The average molecular weight is 213 g/mol. The molecular weight excluding hydrogens is 190 g/mol. The minimum absolute atomic E-state index is 0.0353. The Morgan fingerprint density at radius 3 is 2.27 bits per heavy atom. The van der Waals surface area contributed by atoms with Crippen LogP contribution in [0.5, 0.6) is 0 Å². The number of hydrogen-bond donors (Lipinski definition) is 1. The second kappa shape index (κ2) is 5.50. The lowest BCUT2D eigenvalue weighted by Gasteiger charge is -2.31. The van der Waals surface area contributed by atoms with Crippen molar-refractivity contribution in [3.63, 3.8) is 0 Å². The Morgan fingerprint density at radius 2 is 1.80 bits per heavy atom. The molecule has 0 aromatic heterocycles. The highest BCUT2D eigenvalue weighted by atomic mass is 16.3. The molecule has 0 saturated heterocycles. The maximum Gasteiger partial charge on any atom is 0.227 e. The summed E-state index contributed by atoms with van der Waals surface area (Å²) in [5.41, 5.74) is 0. The highest BCUT2D eigenvalue weighted by molar-refractivity contribution is 5.78. The van der Waals surface area contributed by atoms with Crippen LogP contribution in [0, 0.1) is 11.8 Å². The summed E-state index contributed by atoms with van der Waals surface area (Å²) in [5, 5.41) is 10.1. The molecule has 0 heterocycles. The molecule has 0 unspecified atom stereocenters. The monoisotopic (exact) mass is 213 g/mol. The first-order chi connectivity index (χ1) is 7.04. The van der Waals surface area contributed by atoms with Crippen LogP contribution in [-0.2, 0) is 4.79 Å². The number of nitrogens with zero attached hydrogens (tertiary/aromatic N) is 1. The van der Waals surface area contributed by atoms with Crippen LogP contribution in [0.2, 0.25) is 0 Å². The van der Waals surface area contributed by atoms with E-state index in [1.54, 1.807) is 19.0 Å². The third-order valence-electron chi connectivity index (χ3n) is 3.48. The molecule has 1 saturated carbocycles. The summed E-state index contributed by atoms with van der Waals surface area (Å²) < 4.78 is 0. The van der Waals surface area contributed by atoms with Gasteiger partial charge in [-0.3, -0.25) is 4.79 Å². The van der Waals surface area contributed by atoms with Gasteiger partial charge < -0.3 is 10.0 Å². The molecule has 1 N–H and O–H groups in total. The van der Waals surface area contributed by atoms with Gasteiger partial charge in [0, 0.05) is 14.1 Å². The van der Waals surface area contributed by atoms with Crippen molar-refractivity contribution in [1.29, 1.82) is 0 Å². The highest BCUT2D eigenvalue weighted by Gasteiger charge is 2.30. The molecule has 1 fully saturated rings. The molecule has 0 bridgehead atoms. The molecule has 3 nitrogen and oxygen atoms in total. The summed E-state index contributed by atoms with van der Waals surface area (Å²) in [6.45, 7) is 1.83. The normalized spacial score (nSPS) is 22.1. The summed E-state index contributed by atoms with van der Waals surface area (Å²) in [4.78, 5) is 13.3. The Bertz CT molecular complexity index is 210. The largest absolute Gasteiger partial charge is 0.392 e. The molecule has 0 aromatic carbocycles. The van der Waals surface area contributed by atoms with Gasteiger partial charge in [-0.25, -0.2) is 0 Å². The quantitative estimate of drug-likeness (QED) is 0.774. The van der Waals surface area contributed by atoms with Gasteiger partial charge in [-0.15, -0.1) is 0 Å². The van der Waals surface area contributed by atoms with Crippen LogP contribution in [0.4, 0.5) is 0 Å². The number of hydrogen-bond acceptors (Lipinski definition) is 2. The molecule has 1 aliphatic carbocycles. The predicted molar refractivity (Wildman–Crippen MR) is 60.4 cm³/mol. The van der Waals surface area contributed by atoms with Crippen LogP contribution < -0.4 is 0 Å². The summed E-state index contributed by atoms with van der Waals surface area (Å²) >= 11 is 0. The molecule has 1 amide bonds. The van der Waals surface area contributed by atoms with Crippen molar-refractivity contribution < 1.29 is 9.90 Å². The number of carbonyl (C=O) groups excluding carboxylic acids is 1. The van der Waals surface area contributed by atoms with Crippen molar-refractivity contribution in [2.75, 3.05) is 14.1 Å². The topological polar surface area (TPSA) is 40.5 Å². The summed E-state index contributed by atoms with van der Waals surface area (Å²) in [6.07, 6.45) is 5.37. The second-order valence-corrected chi connectivity index (χ2v) is 4.91. The zero-order valence-corrected chi connectivity index (χ0v) is 10.1. The van der Waals surface area contributed by atoms with Crippen molar-refractivity contribution in [3.8, 4) is 0 Å². The Labute approximate surface area is 92.5 Å². The number of aliphatic hydroxyl groups is 1. The molecule has 1 rings (SSSR count). The van der Waals surface area contributed by atoms with E-state index in [2.05, 4.69) is 0 Å². The highest BCUT2D eigenvalue weighted by Crippen LogP contribution is 2.29. The average Bonchev–Trinajstić information content (AvgIpc) is 2.27. The predicted octanol–water partition coefficient (Wildman–Crippen LogP) is 1.65. The lowest BCUT2D eigenvalue weighted by atomic mass is 9.80. The van der Waals surface area contributed by atoms with Crippen molar-refractivity contribution >= 4 is 5.91 Å². The smallest absolute Gasteiger partial charge is 0.227 e. The van der Waals surface area contributed by atoms with Crippen LogP contribution in [0.15, 0.2) is 0 Å². The van der Waals surface area contributed by atoms with Gasteiger partial charge in [0.2, 0.25) is 5.91 Å². The van der Waals surface area contributed by atoms with E-state index in [4.69, 9.17) is 0 Å². The van der Waals surface area contributed by atoms with Gasteiger partial charge in [0.15, 0.2) is 0 Å². The van der Waals surface area contributed by atoms with Crippen LogP contribution in [0.1, 0.15) is 39.0 Å². The third kappa shape index (κ3) is 3.20. The molecule has 0 radical (unpaired) electrons. The minimum Gasteiger partial charge on any atom is -0.392 e. The summed E-state index contributed by atoms with van der Waals surface area (Å²) in [6, 6.07) is 0. The summed E-state index contributed by atoms with van der Waals surface area (Å²) in [7, 11) is 3.48. The molecule has 3 heteroatoms. The number of rotatable bonds is 3. The van der Waals surface area contributed by atoms with Crippen molar-refractivity contribution in [1.82, 2.24) is 4.90 Å². The van der Waals surface area contributed by atoms with Gasteiger partial charge in [-0.1, -0.05) is 26.2 Å². The Morgan fingerprint density at radius 1 is 1.27 bits per heavy atom. The zero-order valence-electron chi connectivity index (χ0n) is 10.1. The van der Waals surface area contributed by atoms with E-state index < -0.39 is 6.10 Å². The van der Waals surface area contributed by atoms with Crippen LogP contribution in [-0.4, -0.2) is 36.1 Å². The van der Waals surface area contributed by atoms with Crippen LogP contribution in [0.3, 0.4) is 0 Å². The van der Waals surface area contributed by atoms with Crippen LogP contribution >= 0.6 is 0 Å². The fourth-order valence-electron chi connectivity index (χ4n) is 2.44.